The average Bonchev–Trinajstić information content (AvgIpc) is 2.33. The number of hydrogen-bond donors (Lipinski definition) is 1. The zero-order valence-electron chi connectivity index (χ0n) is 12.8. The molecule has 1 rings (SSSR count). The molecule has 0 aromatic rings. The molecular formula is C15H31NO2. The van der Waals surface area contributed by atoms with Crippen LogP contribution in [-0.2, 0) is 9.47 Å². The van der Waals surface area contributed by atoms with Crippen LogP contribution in [0.15, 0.2) is 0 Å². The number of nitrogens with one attached hydrogen (secondary N) is 1. The molecule has 1 unspecified atom stereocenters. The van der Waals surface area contributed by atoms with E-state index in [2.05, 4.69) is 33.0 Å². The van der Waals surface area contributed by atoms with Crippen molar-refractivity contribution in [1.29, 1.82) is 0 Å². The van der Waals surface area contributed by atoms with Crippen LogP contribution in [0.5, 0.6) is 0 Å². The van der Waals surface area contributed by atoms with Crippen molar-refractivity contribution in [3.05, 3.63) is 0 Å². The average molecular weight is 257 g/mol. The van der Waals surface area contributed by atoms with Gasteiger partial charge in [-0.2, -0.15) is 0 Å². The highest BCUT2D eigenvalue weighted by molar-refractivity contribution is 4.96. The molecular weight excluding hydrogens is 226 g/mol. The van der Waals surface area contributed by atoms with E-state index in [4.69, 9.17) is 9.47 Å². The van der Waals surface area contributed by atoms with Gasteiger partial charge < -0.3 is 14.8 Å². The highest BCUT2D eigenvalue weighted by atomic mass is 16.5. The first-order chi connectivity index (χ1) is 8.54. The lowest BCUT2D eigenvalue weighted by atomic mass is 9.75. The Balaban J connectivity index is 2.67. The van der Waals surface area contributed by atoms with Crippen molar-refractivity contribution >= 4 is 0 Å². The van der Waals surface area contributed by atoms with Gasteiger partial charge in [0, 0.05) is 6.61 Å². The Labute approximate surface area is 113 Å². The molecule has 1 saturated carbocycles. The lowest BCUT2D eigenvalue weighted by Crippen LogP contribution is -2.55. The summed E-state index contributed by atoms with van der Waals surface area (Å²) < 4.78 is 12.0. The first kappa shape index (κ1) is 15.9. The first-order valence-electron chi connectivity index (χ1n) is 7.47. The molecule has 0 bridgehead atoms. The zero-order chi connectivity index (χ0) is 13.6. The maximum Gasteiger partial charge on any atom is 0.0857 e. The smallest absolute Gasteiger partial charge is 0.0857 e. The zero-order valence-corrected chi connectivity index (χ0v) is 12.8. The number of hydrogen-bond acceptors (Lipinski definition) is 3. The van der Waals surface area contributed by atoms with Crippen molar-refractivity contribution in [2.75, 3.05) is 20.3 Å². The third kappa shape index (κ3) is 4.22. The molecule has 0 aliphatic heterocycles. The van der Waals surface area contributed by atoms with Crippen LogP contribution in [0.25, 0.3) is 0 Å². The predicted molar refractivity (Wildman–Crippen MR) is 75.9 cm³/mol. The fourth-order valence-corrected chi connectivity index (χ4v) is 2.92. The van der Waals surface area contributed by atoms with E-state index in [-0.39, 0.29) is 11.7 Å². The standard InChI is InChI=1S/C15H31NO2/c1-6-18-15(9-7-13(4)8-10-15)14(16-5)11-17-12(2)3/h12-14,16H,6-11H2,1-5H3. The lowest BCUT2D eigenvalue weighted by molar-refractivity contribution is -0.113. The van der Waals surface area contributed by atoms with Crippen molar-refractivity contribution in [2.45, 2.75) is 71.1 Å². The van der Waals surface area contributed by atoms with Gasteiger partial charge in [-0.1, -0.05) is 6.92 Å². The van der Waals surface area contributed by atoms with Gasteiger partial charge in [0.1, 0.15) is 0 Å². The van der Waals surface area contributed by atoms with Gasteiger partial charge >= 0.3 is 0 Å². The van der Waals surface area contributed by atoms with Gasteiger partial charge in [0.2, 0.25) is 0 Å². The third-order valence-electron chi connectivity index (χ3n) is 4.13. The summed E-state index contributed by atoms with van der Waals surface area (Å²) in [7, 11) is 2.02. The van der Waals surface area contributed by atoms with E-state index in [0.717, 1.165) is 32.0 Å². The first-order valence-corrected chi connectivity index (χ1v) is 7.47. The van der Waals surface area contributed by atoms with Gasteiger partial charge in [-0.3, -0.25) is 0 Å². The molecule has 108 valence electrons. The van der Waals surface area contributed by atoms with Crippen molar-refractivity contribution < 1.29 is 9.47 Å². The van der Waals surface area contributed by atoms with E-state index >= 15 is 0 Å². The maximum absolute atomic E-state index is 6.16. The second-order valence-electron chi connectivity index (χ2n) is 5.90. The third-order valence-corrected chi connectivity index (χ3v) is 4.13. The summed E-state index contributed by atoms with van der Waals surface area (Å²) in [6.45, 7) is 10.1. The molecule has 0 aromatic heterocycles. The molecule has 0 amide bonds. The summed E-state index contributed by atoms with van der Waals surface area (Å²) in [5.74, 6) is 0.835. The monoisotopic (exact) mass is 257 g/mol. The van der Waals surface area contributed by atoms with Crippen LogP contribution in [0.1, 0.15) is 53.4 Å². The number of ether oxygens (including phenoxy) is 2. The van der Waals surface area contributed by atoms with Crippen LogP contribution in [0, 0.1) is 5.92 Å². The van der Waals surface area contributed by atoms with Crippen LogP contribution in [0.2, 0.25) is 0 Å². The predicted octanol–water partition coefficient (Wildman–Crippen LogP) is 2.98. The van der Waals surface area contributed by atoms with Gasteiger partial charge in [0.05, 0.1) is 24.4 Å². The molecule has 1 N–H and O–H groups in total. The summed E-state index contributed by atoms with van der Waals surface area (Å²) in [5.41, 5.74) is -0.0229. The Kier molecular flexibility index (Phi) is 6.61. The minimum atomic E-state index is -0.0229. The van der Waals surface area contributed by atoms with Crippen molar-refractivity contribution in [2.24, 2.45) is 5.92 Å². The summed E-state index contributed by atoms with van der Waals surface area (Å²) >= 11 is 0. The van der Waals surface area contributed by atoms with Gasteiger partial charge in [0.25, 0.3) is 0 Å². The van der Waals surface area contributed by atoms with Crippen LogP contribution in [0.3, 0.4) is 0 Å². The van der Waals surface area contributed by atoms with E-state index in [1.807, 2.05) is 7.05 Å². The van der Waals surface area contributed by atoms with E-state index in [9.17, 15) is 0 Å². The molecule has 1 atom stereocenters. The molecule has 0 spiro atoms. The van der Waals surface area contributed by atoms with Crippen molar-refractivity contribution in [1.82, 2.24) is 5.32 Å². The Morgan fingerprint density at radius 2 is 1.89 bits per heavy atom. The maximum atomic E-state index is 6.16. The quantitative estimate of drug-likeness (QED) is 0.760. The molecule has 0 heterocycles. The summed E-state index contributed by atoms with van der Waals surface area (Å²) in [5, 5.41) is 3.42. The van der Waals surface area contributed by atoms with E-state index in [1.54, 1.807) is 0 Å². The van der Waals surface area contributed by atoms with Crippen LogP contribution < -0.4 is 5.32 Å². The minimum Gasteiger partial charge on any atom is -0.377 e. The molecule has 1 fully saturated rings. The second-order valence-corrected chi connectivity index (χ2v) is 5.90. The highest BCUT2D eigenvalue weighted by Crippen LogP contribution is 2.37. The largest absolute Gasteiger partial charge is 0.377 e. The Morgan fingerprint density at radius 3 is 2.33 bits per heavy atom. The Bertz CT molecular complexity index is 223. The second kappa shape index (κ2) is 7.46. The number of likely N-dealkylation sites (N-methyl/N-ethyl adjacent to an activating group) is 1. The normalized spacial score (nSPS) is 30.7. The molecule has 1 aliphatic carbocycles. The van der Waals surface area contributed by atoms with Gasteiger partial charge in [-0.05, 0) is 59.4 Å². The van der Waals surface area contributed by atoms with Crippen LogP contribution >= 0.6 is 0 Å². The highest BCUT2D eigenvalue weighted by Gasteiger charge is 2.41. The topological polar surface area (TPSA) is 30.5 Å². The van der Waals surface area contributed by atoms with Gasteiger partial charge in [-0.15, -0.1) is 0 Å². The summed E-state index contributed by atoms with van der Waals surface area (Å²) in [6, 6.07) is 0.298. The van der Waals surface area contributed by atoms with Crippen LogP contribution in [-0.4, -0.2) is 38.0 Å². The molecule has 3 nitrogen and oxygen atoms in total. The minimum absolute atomic E-state index is 0.0229. The van der Waals surface area contributed by atoms with Crippen molar-refractivity contribution in [3.63, 3.8) is 0 Å². The molecule has 3 heteroatoms. The fraction of sp³-hybridized carbons (Fsp3) is 1.00. The SMILES string of the molecule is CCOC1(C(COC(C)C)NC)CCC(C)CC1. The summed E-state index contributed by atoms with van der Waals surface area (Å²) in [6.07, 6.45) is 5.10. The van der Waals surface area contributed by atoms with Crippen molar-refractivity contribution in [3.8, 4) is 0 Å². The summed E-state index contributed by atoms with van der Waals surface area (Å²) in [4.78, 5) is 0. The van der Waals surface area contributed by atoms with E-state index in [1.165, 1.54) is 12.8 Å². The fourth-order valence-electron chi connectivity index (χ4n) is 2.92. The molecule has 1 aliphatic rings. The van der Waals surface area contributed by atoms with E-state index in [0.29, 0.717) is 6.04 Å². The van der Waals surface area contributed by atoms with Gasteiger partial charge in [-0.25, -0.2) is 0 Å². The molecule has 0 radical (unpaired) electrons. The molecule has 0 aromatic carbocycles. The molecule has 18 heavy (non-hydrogen) atoms. The lowest BCUT2D eigenvalue weighted by Gasteiger charge is -2.44. The van der Waals surface area contributed by atoms with Crippen LogP contribution in [0.4, 0.5) is 0 Å². The Morgan fingerprint density at radius 1 is 1.28 bits per heavy atom. The number of rotatable bonds is 7. The molecule has 0 saturated heterocycles. The van der Waals surface area contributed by atoms with Gasteiger partial charge in [0.15, 0.2) is 0 Å². The Hall–Kier alpha value is -0.120. The van der Waals surface area contributed by atoms with E-state index < -0.39 is 0 Å².